The number of benzene rings is 2. The van der Waals surface area contributed by atoms with Crippen LogP contribution in [0.25, 0.3) is 0 Å². The average molecular weight is 413 g/mol. The van der Waals surface area contributed by atoms with Crippen molar-refractivity contribution in [3.05, 3.63) is 77.5 Å². The number of nitrogens with zero attached hydrogens (tertiary/aromatic N) is 1. The van der Waals surface area contributed by atoms with E-state index in [0.717, 1.165) is 11.6 Å². The lowest BCUT2D eigenvalue weighted by molar-refractivity contribution is -0.138. The van der Waals surface area contributed by atoms with E-state index in [2.05, 4.69) is 15.6 Å². The number of hydrogen-bond donors (Lipinski definition) is 2. The second-order valence-corrected chi connectivity index (χ2v) is 7.00. The molecular weight excluding hydrogens is 395 g/mol. The van der Waals surface area contributed by atoms with E-state index in [1.54, 1.807) is 42.6 Å². The highest BCUT2D eigenvalue weighted by molar-refractivity contribution is 5.97. The zero-order valence-corrected chi connectivity index (χ0v) is 16.0. The lowest BCUT2D eigenvalue weighted by atomic mass is 10.0. The second-order valence-electron chi connectivity index (χ2n) is 7.00. The molecule has 154 valence electrons. The summed E-state index contributed by atoms with van der Waals surface area (Å²) in [4.78, 5) is 16.5. The minimum atomic E-state index is -4.49. The third kappa shape index (κ3) is 4.22. The third-order valence-corrected chi connectivity index (χ3v) is 4.78. The Hall–Kier alpha value is -3.55. The van der Waals surface area contributed by atoms with Crippen LogP contribution in [0, 0.1) is 6.92 Å². The highest BCUT2D eigenvalue weighted by Gasteiger charge is 2.34. The molecule has 8 heteroatoms. The third-order valence-electron chi connectivity index (χ3n) is 4.78. The number of ether oxygens (including phenoxy) is 1. The van der Waals surface area contributed by atoms with Crippen molar-refractivity contribution in [3.63, 3.8) is 0 Å². The fourth-order valence-electron chi connectivity index (χ4n) is 3.39. The normalized spacial score (nSPS) is 16.1. The van der Waals surface area contributed by atoms with Crippen LogP contribution in [0.1, 0.15) is 29.2 Å². The van der Waals surface area contributed by atoms with E-state index in [1.165, 1.54) is 13.0 Å². The van der Waals surface area contributed by atoms with Crippen LogP contribution in [0.15, 0.2) is 60.8 Å². The maximum absolute atomic E-state index is 13.2. The number of anilines is 2. The number of amides is 1. The summed E-state index contributed by atoms with van der Waals surface area (Å²) >= 11 is 0. The van der Waals surface area contributed by atoms with Crippen molar-refractivity contribution in [2.75, 3.05) is 10.6 Å². The van der Waals surface area contributed by atoms with Gasteiger partial charge < -0.3 is 15.4 Å². The van der Waals surface area contributed by atoms with Crippen LogP contribution >= 0.6 is 0 Å². The van der Waals surface area contributed by atoms with Crippen LogP contribution in [-0.2, 0) is 11.0 Å². The minimum Gasteiger partial charge on any atom is -0.439 e. The van der Waals surface area contributed by atoms with Gasteiger partial charge in [-0.25, -0.2) is 4.98 Å². The SMILES string of the molecule is Cc1cc2c(cc1C(F)(F)F)NC(=O)CC(c1cccc(Oc3ccccn3)c1)N2. The monoisotopic (exact) mass is 413 g/mol. The van der Waals surface area contributed by atoms with Gasteiger partial charge in [0.05, 0.1) is 29.4 Å². The first-order valence-corrected chi connectivity index (χ1v) is 9.27. The number of pyridine rings is 1. The van der Waals surface area contributed by atoms with Crippen molar-refractivity contribution in [1.29, 1.82) is 0 Å². The molecule has 4 rings (SSSR count). The Balaban J connectivity index is 1.64. The van der Waals surface area contributed by atoms with Gasteiger partial charge in [-0.3, -0.25) is 4.79 Å². The van der Waals surface area contributed by atoms with Crippen molar-refractivity contribution < 1.29 is 22.7 Å². The molecule has 0 spiro atoms. The summed E-state index contributed by atoms with van der Waals surface area (Å²) in [5, 5.41) is 5.77. The minimum absolute atomic E-state index is 0.0577. The number of nitrogens with one attached hydrogen (secondary N) is 2. The van der Waals surface area contributed by atoms with E-state index in [4.69, 9.17) is 4.74 Å². The van der Waals surface area contributed by atoms with E-state index >= 15 is 0 Å². The Morgan fingerprint density at radius 1 is 1.07 bits per heavy atom. The molecule has 1 amide bonds. The van der Waals surface area contributed by atoms with Crippen LogP contribution in [0.3, 0.4) is 0 Å². The Kier molecular flexibility index (Phi) is 5.07. The molecule has 0 bridgehead atoms. The number of halogens is 3. The fourth-order valence-corrected chi connectivity index (χ4v) is 3.39. The van der Waals surface area contributed by atoms with Gasteiger partial charge in [0.15, 0.2) is 0 Å². The lowest BCUT2D eigenvalue weighted by Crippen LogP contribution is -2.15. The van der Waals surface area contributed by atoms with E-state index in [1.807, 2.05) is 6.07 Å². The van der Waals surface area contributed by atoms with E-state index in [0.29, 0.717) is 17.3 Å². The average Bonchev–Trinajstić information content (AvgIpc) is 2.85. The van der Waals surface area contributed by atoms with Gasteiger partial charge in [-0.2, -0.15) is 13.2 Å². The van der Waals surface area contributed by atoms with Gasteiger partial charge in [0.1, 0.15) is 5.75 Å². The molecule has 5 nitrogen and oxygen atoms in total. The summed E-state index contributed by atoms with van der Waals surface area (Å²) in [7, 11) is 0. The first-order chi connectivity index (χ1) is 14.3. The van der Waals surface area contributed by atoms with Gasteiger partial charge in [0.2, 0.25) is 11.8 Å². The molecule has 0 saturated carbocycles. The molecule has 2 N–H and O–H groups in total. The number of fused-ring (bicyclic) bond motifs is 1. The molecule has 2 aromatic carbocycles. The number of aromatic nitrogens is 1. The number of hydrogen-bond acceptors (Lipinski definition) is 4. The van der Waals surface area contributed by atoms with Crippen LogP contribution in [0.4, 0.5) is 24.5 Å². The molecular formula is C22H18F3N3O2. The summed E-state index contributed by atoms with van der Waals surface area (Å²) in [6.07, 6.45) is -2.82. The summed E-state index contributed by atoms with van der Waals surface area (Å²) in [5.74, 6) is 0.600. The second kappa shape index (κ2) is 7.70. The van der Waals surface area contributed by atoms with Crippen molar-refractivity contribution in [3.8, 4) is 11.6 Å². The van der Waals surface area contributed by atoms with Gasteiger partial charge in [-0.15, -0.1) is 0 Å². The molecule has 0 saturated heterocycles. The molecule has 0 radical (unpaired) electrons. The molecule has 30 heavy (non-hydrogen) atoms. The quantitative estimate of drug-likeness (QED) is 0.579. The molecule has 0 aliphatic carbocycles. The van der Waals surface area contributed by atoms with Crippen LogP contribution in [-0.4, -0.2) is 10.9 Å². The first-order valence-electron chi connectivity index (χ1n) is 9.27. The summed E-state index contributed by atoms with van der Waals surface area (Å²) < 4.78 is 45.4. The highest BCUT2D eigenvalue weighted by Crippen LogP contribution is 2.40. The lowest BCUT2D eigenvalue weighted by Gasteiger charge is -2.20. The first kappa shape index (κ1) is 19.8. The molecule has 1 aromatic heterocycles. The maximum Gasteiger partial charge on any atom is 0.416 e. The molecule has 1 atom stereocenters. The van der Waals surface area contributed by atoms with Gasteiger partial charge in [-0.05, 0) is 48.4 Å². The number of carbonyl (C=O) groups is 1. The molecule has 1 aliphatic heterocycles. The van der Waals surface area contributed by atoms with E-state index < -0.39 is 17.8 Å². The zero-order chi connectivity index (χ0) is 21.3. The predicted octanol–water partition coefficient (Wildman–Crippen LogP) is 5.70. The summed E-state index contributed by atoms with van der Waals surface area (Å²) in [6.45, 7) is 1.40. The summed E-state index contributed by atoms with van der Waals surface area (Å²) in [6, 6.07) is 14.4. The number of alkyl halides is 3. The standard InChI is InChI=1S/C22H18F3N3O2/c1-13-9-18-19(11-16(13)22(23,24)25)28-20(29)12-17(27-18)14-5-4-6-15(10-14)30-21-7-2-3-8-26-21/h2-11,17,27H,12H2,1H3,(H,28,29). The Morgan fingerprint density at radius 2 is 1.90 bits per heavy atom. The van der Waals surface area contributed by atoms with Crippen LogP contribution in [0.5, 0.6) is 11.6 Å². The Morgan fingerprint density at radius 3 is 2.63 bits per heavy atom. The van der Waals surface area contributed by atoms with Gasteiger partial charge in [-0.1, -0.05) is 18.2 Å². The van der Waals surface area contributed by atoms with Crippen molar-refractivity contribution in [2.24, 2.45) is 0 Å². The molecule has 1 aliphatic rings. The van der Waals surface area contributed by atoms with Crippen LogP contribution < -0.4 is 15.4 Å². The number of aryl methyl sites for hydroxylation is 1. The molecule has 2 heterocycles. The molecule has 0 fully saturated rings. The number of carbonyl (C=O) groups excluding carboxylic acids is 1. The largest absolute Gasteiger partial charge is 0.439 e. The summed E-state index contributed by atoms with van der Waals surface area (Å²) in [5.41, 5.74) is 0.626. The number of rotatable bonds is 3. The van der Waals surface area contributed by atoms with Crippen molar-refractivity contribution in [1.82, 2.24) is 4.98 Å². The Bertz CT molecular complexity index is 1080. The van der Waals surface area contributed by atoms with E-state index in [-0.39, 0.29) is 23.6 Å². The fraction of sp³-hybridized carbons (Fsp3) is 0.182. The molecule has 1 unspecified atom stereocenters. The predicted molar refractivity (Wildman–Crippen MR) is 107 cm³/mol. The zero-order valence-electron chi connectivity index (χ0n) is 16.0. The van der Waals surface area contributed by atoms with Crippen molar-refractivity contribution in [2.45, 2.75) is 25.6 Å². The highest BCUT2D eigenvalue weighted by atomic mass is 19.4. The van der Waals surface area contributed by atoms with Crippen LogP contribution in [0.2, 0.25) is 0 Å². The van der Waals surface area contributed by atoms with Gasteiger partial charge >= 0.3 is 6.18 Å². The molecule has 3 aromatic rings. The van der Waals surface area contributed by atoms with Gasteiger partial charge in [0.25, 0.3) is 0 Å². The van der Waals surface area contributed by atoms with Gasteiger partial charge in [0, 0.05) is 12.3 Å². The van der Waals surface area contributed by atoms with E-state index in [9.17, 15) is 18.0 Å². The Labute approximate surface area is 170 Å². The van der Waals surface area contributed by atoms with Crippen molar-refractivity contribution >= 4 is 17.3 Å². The topological polar surface area (TPSA) is 63.2 Å². The smallest absolute Gasteiger partial charge is 0.416 e. The maximum atomic E-state index is 13.2.